The van der Waals surface area contributed by atoms with Crippen molar-refractivity contribution in [2.75, 3.05) is 13.6 Å². The van der Waals surface area contributed by atoms with Crippen LogP contribution in [0.4, 0.5) is 0 Å². The minimum atomic E-state index is -0.432. The van der Waals surface area contributed by atoms with E-state index in [1.54, 1.807) is 0 Å². The molecule has 3 rings (SSSR count). The summed E-state index contributed by atoms with van der Waals surface area (Å²) < 4.78 is 0. The molecule has 0 radical (unpaired) electrons. The summed E-state index contributed by atoms with van der Waals surface area (Å²) in [5.74, 6) is 1.15. The monoisotopic (exact) mass is 561 g/mol. The molecule has 1 aliphatic rings. The Bertz CT molecular complexity index is 1130. The average Bonchev–Trinajstić information content (AvgIpc) is 2.92. The highest BCUT2D eigenvalue weighted by Crippen LogP contribution is 2.43. The van der Waals surface area contributed by atoms with Gasteiger partial charge in [0.15, 0.2) is 0 Å². The van der Waals surface area contributed by atoms with Crippen molar-refractivity contribution in [1.82, 2.24) is 10.6 Å². The third-order valence-corrected chi connectivity index (χ3v) is 9.42. The first-order valence-electron chi connectivity index (χ1n) is 15.6. The largest absolute Gasteiger partial charge is 0.355 e. The van der Waals surface area contributed by atoms with Crippen LogP contribution in [0.25, 0.3) is 0 Å². The van der Waals surface area contributed by atoms with Crippen LogP contribution in [0, 0.1) is 23.2 Å². The molecule has 0 saturated carbocycles. The van der Waals surface area contributed by atoms with E-state index in [1.807, 2.05) is 20.9 Å². The normalized spacial score (nSPS) is 18.6. The highest BCUT2D eigenvalue weighted by atomic mass is 16.1. The van der Waals surface area contributed by atoms with Crippen LogP contribution in [0.2, 0.25) is 0 Å². The summed E-state index contributed by atoms with van der Waals surface area (Å²) >= 11 is 0. The average molecular weight is 562 g/mol. The predicted molar refractivity (Wildman–Crippen MR) is 171 cm³/mol. The highest BCUT2D eigenvalue weighted by Gasteiger charge is 2.33. The quantitative estimate of drug-likeness (QED) is 0.216. The van der Waals surface area contributed by atoms with Gasteiger partial charge in [0.25, 0.3) is 0 Å². The maximum Gasteiger partial charge on any atom is 0.207 e. The lowest BCUT2D eigenvalue weighted by Crippen LogP contribution is -2.44. The lowest BCUT2D eigenvalue weighted by atomic mass is 9.68. The first-order chi connectivity index (χ1) is 19.4. The number of hydrogen-bond donors (Lipinski definition) is 3. The van der Waals surface area contributed by atoms with Crippen molar-refractivity contribution in [1.29, 1.82) is 0 Å². The molecular formula is C36H55N3O2. The zero-order valence-corrected chi connectivity index (χ0v) is 26.6. The molecule has 5 unspecified atom stereocenters. The summed E-state index contributed by atoms with van der Waals surface area (Å²) in [5, 5.41) is 6.28. The summed E-state index contributed by atoms with van der Waals surface area (Å²) in [4.78, 5) is 23.6. The summed E-state index contributed by atoms with van der Waals surface area (Å²) in [6.07, 6.45) is 8.38. The molecule has 5 heteroatoms. The summed E-state index contributed by atoms with van der Waals surface area (Å²) in [6, 6.07) is 15.8. The van der Waals surface area contributed by atoms with Gasteiger partial charge in [0.1, 0.15) is 6.29 Å². The number of rotatable bonds is 15. The maximum atomic E-state index is 12.2. The van der Waals surface area contributed by atoms with E-state index in [0.717, 1.165) is 38.5 Å². The van der Waals surface area contributed by atoms with Gasteiger partial charge in [-0.25, -0.2) is 0 Å². The smallest absolute Gasteiger partial charge is 0.207 e. The molecule has 226 valence electrons. The Hall–Kier alpha value is -2.50. The molecule has 0 aromatic heterocycles. The fraction of sp³-hybridized carbons (Fsp3) is 0.611. The number of likely N-dealkylation sites (N-methyl/N-ethyl adjacent to an activating group) is 1. The Morgan fingerprint density at radius 2 is 1.78 bits per heavy atom. The maximum absolute atomic E-state index is 12.2. The number of carbonyl (C=O) groups is 2. The van der Waals surface area contributed by atoms with Gasteiger partial charge in [-0.3, -0.25) is 4.79 Å². The van der Waals surface area contributed by atoms with Gasteiger partial charge in [0, 0.05) is 24.5 Å². The van der Waals surface area contributed by atoms with E-state index in [9.17, 15) is 9.59 Å². The number of benzene rings is 2. The number of fused-ring (bicyclic) bond motifs is 1. The van der Waals surface area contributed by atoms with E-state index in [0.29, 0.717) is 18.4 Å². The molecular weight excluding hydrogens is 506 g/mol. The third kappa shape index (κ3) is 9.24. The van der Waals surface area contributed by atoms with Crippen LogP contribution in [0.3, 0.4) is 0 Å². The van der Waals surface area contributed by atoms with Gasteiger partial charge in [-0.2, -0.15) is 0 Å². The van der Waals surface area contributed by atoms with Crippen LogP contribution in [0.1, 0.15) is 107 Å². The number of nitrogens with one attached hydrogen (secondary N) is 2. The second kappa shape index (κ2) is 14.6. The molecule has 5 atom stereocenters. The second-order valence-corrected chi connectivity index (χ2v) is 14.4. The first-order valence-corrected chi connectivity index (χ1v) is 15.6. The molecule has 0 saturated heterocycles. The van der Waals surface area contributed by atoms with E-state index in [-0.39, 0.29) is 23.2 Å². The van der Waals surface area contributed by atoms with Crippen LogP contribution < -0.4 is 16.4 Å². The molecule has 1 amide bonds. The molecule has 0 fully saturated rings. The number of nitrogens with two attached hydrogens (primary N) is 1. The fourth-order valence-electron chi connectivity index (χ4n) is 6.96. The number of aryl methyl sites for hydroxylation is 1. The van der Waals surface area contributed by atoms with Gasteiger partial charge in [-0.15, -0.1) is 0 Å². The van der Waals surface area contributed by atoms with E-state index in [4.69, 9.17) is 5.73 Å². The van der Waals surface area contributed by atoms with Gasteiger partial charge in [-0.05, 0) is 116 Å². The Balaban J connectivity index is 1.97. The molecule has 1 aliphatic carbocycles. The van der Waals surface area contributed by atoms with Crippen molar-refractivity contribution in [2.45, 2.75) is 104 Å². The van der Waals surface area contributed by atoms with Crippen molar-refractivity contribution < 1.29 is 9.59 Å². The minimum Gasteiger partial charge on any atom is -0.355 e. The lowest BCUT2D eigenvalue weighted by molar-refractivity contribution is -0.113. The molecule has 0 spiro atoms. The summed E-state index contributed by atoms with van der Waals surface area (Å²) in [5.41, 5.74) is 12.9. The van der Waals surface area contributed by atoms with Crippen molar-refractivity contribution in [3.63, 3.8) is 0 Å². The van der Waals surface area contributed by atoms with Gasteiger partial charge in [0.05, 0.1) is 0 Å². The van der Waals surface area contributed by atoms with Crippen molar-refractivity contribution >= 4 is 12.7 Å². The van der Waals surface area contributed by atoms with Crippen LogP contribution in [0.5, 0.6) is 0 Å². The standard InChI is InChI=1S/C36H55N3O2/c1-25(36(5,6)37)32(23-40)19-30(21-38-7)28-16-15-27(31(18-28)22-39-24-41)17-29(20-35(2,3)4)34-14-10-12-26-11-8-9-13-33(26)34/h8-9,11,13,15-16,18,23-25,29-30,32,34,38H,10,12,14,17,19-22,37H2,1-7H3,(H,39,41). The fourth-order valence-corrected chi connectivity index (χ4v) is 6.96. The number of amides is 1. The Labute approximate surface area is 249 Å². The summed E-state index contributed by atoms with van der Waals surface area (Å²) in [6.45, 7) is 14.4. The van der Waals surface area contributed by atoms with Gasteiger partial charge in [-0.1, -0.05) is 70.2 Å². The Morgan fingerprint density at radius 3 is 2.41 bits per heavy atom. The molecule has 0 heterocycles. The van der Waals surface area contributed by atoms with Crippen LogP contribution in [-0.4, -0.2) is 31.8 Å². The summed E-state index contributed by atoms with van der Waals surface area (Å²) in [7, 11) is 1.96. The SMILES string of the molecule is CNCC(CC(C=O)C(C)C(C)(C)N)c1ccc(CC(CC(C)(C)C)C2CCCc3ccccc32)c(CNC=O)c1. The molecule has 4 N–H and O–H groups in total. The van der Waals surface area contributed by atoms with Crippen LogP contribution >= 0.6 is 0 Å². The van der Waals surface area contributed by atoms with Crippen LogP contribution in [-0.2, 0) is 29.0 Å². The second-order valence-electron chi connectivity index (χ2n) is 14.4. The molecule has 2 aromatic rings. The molecule has 41 heavy (non-hydrogen) atoms. The Morgan fingerprint density at radius 1 is 1.05 bits per heavy atom. The van der Waals surface area contributed by atoms with E-state index < -0.39 is 5.54 Å². The Kier molecular flexibility index (Phi) is 11.8. The lowest BCUT2D eigenvalue weighted by Gasteiger charge is -2.37. The zero-order valence-electron chi connectivity index (χ0n) is 26.6. The van der Waals surface area contributed by atoms with E-state index >= 15 is 0 Å². The number of aldehydes is 1. The van der Waals surface area contributed by atoms with Gasteiger partial charge in [0.2, 0.25) is 6.41 Å². The number of carbonyl (C=O) groups excluding carboxylic acids is 2. The first kappa shape index (κ1) is 33.0. The topological polar surface area (TPSA) is 84.2 Å². The van der Waals surface area contributed by atoms with Gasteiger partial charge >= 0.3 is 0 Å². The zero-order chi connectivity index (χ0) is 30.2. The third-order valence-electron chi connectivity index (χ3n) is 9.42. The molecule has 0 aliphatic heterocycles. The van der Waals surface area contributed by atoms with Crippen molar-refractivity contribution in [3.8, 4) is 0 Å². The van der Waals surface area contributed by atoms with Crippen molar-refractivity contribution in [2.24, 2.45) is 28.9 Å². The highest BCUT2D eigenvalue weighted by molar-refractivity contribution is 5.55. The van der Waals surface area contributed by atoms with E-state index in [1.165, 1.54) is 47.1 Å². The molecule has 5 nitrogen and oxygen atoms in total. The van der Waals surface area contributed by atoms with Crippen LogP contribution in [0.15, 0.2) is 42.5 Å². The number of hydrogen-bond acceptors (Lipinski definition) is 4. The predicted octanol–water partition coefficient (Wildman–Crippen LogP) is 6.53. The van der Waals surface area contributed by atoms with E-state index in [2.05, 4.69) is 80.8 Å². The van der Waals surface area contributed by atoms with Crippen molar-refractivity contribution in [3.05, 3.63) is 70.3 Å². The molecule has 2 aromatic carbocycles. The van der Waals surface area contributed by atoms with Gasteiger partial charge < -0.3 is 21.2 Å². The minimum absolute atomic E-state index is 0.0614. The molecule has 0 bridgehead atoms.